The van der Waals surface area contributed by atoms with E-state index in [0.29, 0.717) is 73.9 Å². The number of carbonyl (C=O) groups excluding carboxylic acids is 1. The number of piperazine rings is 2. The number of nitrogens with zero attached hydrogens (tertiary/aromatic N) is 8. The Kier molecular flexibility index (Phi) is 14.9. The summed E-state index contributed by atoms with van der Waals surface area (Å²) in [6, 6.07) is 8.65. The number of anilines is 2. The van der Waals surface area contributed by atoms with Crippen LogP contribution in [-0.2, 0) is 30.2 Å². The number of ketones is 1. The first-order valence-corrected chi connectivity index (χ1v) is 21.6. The van der Waals surface area contributed by atoms with Crippen molar-refractivity contribution in [1.29, 1.82) is 0 Å². The van der Waals surface area contributed by atoms with Gasteiger partial charge < -0.3 is 19.3 Å². The van der Waals surface area contributed by atoms with Crippen LogP contribution in [0, 0.1) is 13.8 Å². The van der Waals surface area contributed by atoms with E-state index < -0.39 is 51.7 Å². The minimum atomic E-state index is -4.87. The largest absolute Gasteiger partial charge is 0.489 e. The molecule has 4 heterocycles. The number of carbonyl (C=O) groups is 1. The zero-order valence-corrected chi connectivity index (χ0v) is 38.0. The molecule has 62 heavy (non-hydrogen) atoms. The number of alkyl halides is 6. The lowest BCUT2D eigenvalue weighted by molar-refractivity contribution is -0.142. The third-order valence-electron chi connectivity index (χ3n) is 10.9. The Morgan fingerprint density at radius 2 is 0.952 bits per heavy atom. The molecule has 2 unspecified atom stereocenters. The predicted octanol–water partition coefficient (Wildman–Crippen LogP) is 9.57. The predicted molar refractivity (Wildman–Crippen MR) is 229 cm³/mol. The van der Waals surface area contributed by atoms with Gasteiger partial charge >= 0.3 is 12.4 Å². The SMILES string of the molecule is Cc1c(Cl)c(C(F)(F)F)nn1CC(C(=O)C(Cn1nc(C(F)(F)F)c(Cl)c1C)N1CCN(c2ccc(Cl)c(OC(C)C)c2)CC1)N1CCN(c2ccc(Cl)c(OC(C)C)c2)CC1. The van der Waals surface area contributed by atoms with Gasteiger partial charge in [0.15, 0.2) is 17.2 Å². The van der Waals surface area contributed by atoms with Crippen LogP contribution >= 0.6 is 46.4 Å². The van der Waals surface area contributed by atoms with Gasteiger partial charge in [-0.15, -0.1) is 0 Å². The molecule has 0 saturated carbocycles. The molecule has 2 atom stereocenters. The lowest BCUT2D eigenvalue weighted by atomic mass is 9.99. The van der Waals surface area contributed by atoms with E-state index in [2.05, 4.69) is 20.0 Å². The summed E-state index contributed by atoms with van der Waals surface area (Å²) in [6.45, 7) is 12.5. The lowest BCUT2D eigenvalue weighted by Crippen LogP contribution is -2.61. The molecule has 2 fully saturated rings. The maximum absolute atomic E-state index is 15.4. The summed E-state index contributed by atoms with van der Waals surface area (Å²) in [6.07, 6.45) is -9.99. The number of halogens is 10. The van der Waals surface area contributed by atoms with Crippen molar-refractivity contribution in [3.8, 4) is 11.5 Å². The zero-order chi connectivity index (χ0) is 45.4. The Hall–Kier alpha value is -3.61. The van der Waals surface area contributed by atoms with Crippen molar-refractivity contribution < 1.29 is 40.6 Å². The lowest BCUT2D eigenvalue weighted by Gasteiger charge is -2.43. The van der Waals surface area contributed by atoms with Crippen molar-refractivity contribution in [2.24, 2.45) is 0 Å². The standard InChI is InChI=1S/C41H48Cl4F6N8O3/c1-23(2)61-33-19-27(7-9-29(33)42)54-11-15-56(16-12-54)31(21-58-25(5)35(44)38(52-58)40(46,47)48)37(60)32(22-59-26(6)36(45)39(53-59)41(49,50)51)57-17-13-55(14-18-57)28-8-10-30(43)34(20-28)62-24(3)4/h7-10,19-20,23-24,31-32H,11-18,21-22H2,1-6H3. The third kappa shape index (κ3) is 10.8. The maximum Gasteiger partial charge on any atom is 0.436 e. The van der Waals surface area contributed by atoms with Crippen molar-refractivity contribution in [2.75, 3.05) is 62.2 Å². The van der Waals surface area contributed by atoms with E-state index in [-0.39, 0.29) is 36.7 Å². The average molecular weight is 957 g/mol. The van der Waals surface area contributed by atoms with Crippen LogP contribution in [0.4, 0.5) is 37.7 Å². The molecular formula is C41H48Cl4F6N8O3. The molecule has 4 aromatic rings. The maximum atomic E-state index is 15.4. The molecule has 0 N–H and O–H groups in total. The fraction of sp³-hybridized carbons (Fsp3) is 0.537. The van der Waals surface area contributed by atoms with E-state index in [4.69, 9.17) is 55.9 Å². The minimum absolute atomic E-state index is 0.00717. The van der Waals surface area contributed by atoms with Crippen LogP contribution in [0.3, 0.4) is 0 Å². The third-order valence-corrected chi connectivity index (χ3v) is 12.5. The van der Waals surface area contributed by atoms with Gasteiger partial charge in [0.2, 0.25) is 0 Å². The second-order valence-electron chi connectivity index (χ2n) is 15.9. The number of Topliss-reactive ketones (excluding diaryl/α,β-unsaturated/α-hetero) is 1. The Bertz CT molecular complexity index is 2070. The summed E-state index contributed by atoms with van der Waals surface area (Å²) in [5.41, 5.74) is -0.910. The summed E-state index contributed by atoms with van der Waals surface area (Å²) in [5.74, 6) is 0.573. The van der Waals surface area contributed by atoms with E-state index in [0.717, 1.165) is 20.7 Å². The molecule has 0 spiro atoms. The highest BCUT2D eigenvalue weighted by Crippen LogP contribution is 2.38. The highest BCUT2D eigenvalue weighted by Gasteiger charge is 2.43. The van der Waals surface area contributed by atoms with Crippen LogP contribution < -0.4 is 19.3 Å². The molecule has 0 radical (unpaired) electrons. The van der Waals surface area contributed by atoms with E-state index in [1.165, 1.54) is 13.8 Å². The fourth-order valence-electron chi connectivity index (χ4n) is 7.74. The van der Waals surface area contributed by atoms with Crippen LogP contribution in [0.1, 0.15) is 50.5 Å². The summed E-state index contributed by atoms with van der Waals surface area (Å²) < 4.78 is 98.3. The van der Waals surface area contributed by atoms with E-state index in [1.54, 1.807) is 12.1 Å². The van der Waals surface area contributed by atoms with Gasteiger partial charge in [-0.05, 0) is 65.8 Å². The van der Waals surface area contributed by atoms with E-state index in [9.17, 15) is 26.3 Å². The Morgan fingerprint density at radius 1 is 0.613 bits per heavy atom. The summed E-state index contributed by atoms with van der Waals surface area (Å²) in [7, 11) is 0. The van der Waals surface area contributed by atoms with Crippen molar-refractivity contribution in [2.45, 2.75) is 91.3 Å². The molecule has 0 amide bonds. The van der Waals surface area contributed by atoms with Gasteiger partial charge in [-0.3, -0.25) is 24.0 Å². The van der Waals surface area contributed by atoms with Crippen molar-refractivity contribution in [3.05, 3.63) is 79.3 Å². The molecule has 11 nitrogen and oxygen atoms in total. The molecule has 6 rings (SSSR count). The highest BCUT2D eigenvalue weighted by atomic mass is 35.5. The van der Waals surface area contributed by atoms with Gasteiger partial charge in [0.1, 0.15) is 11.5 Å². The Labute approximate surface area is 376 Å². The van der Waals surface area contributed by atoms with E-state index in [1.807, 2.05) is 61.8 Å². The Balaban J connectivity index is 1.34. The van der Waals surface area contributed by atoms with Crippen molar-refractivity contribution in [3.63, 3.8) is 0 Å². The van der Waals surface area contributed by atoms with Gasteiger partial charge in [-0.25, -0.2) is 0 Å². The number of ether oxygens (including phenoxy) is 2. The number of hydrogen-bond acceptors (Lipinski definition) is 9. The summed E-state index contributed by atoms with van der Waals surface area (Å²) >= 11 is 25.2. The summed E-state index contributed by atoms with van der Waals surface area (Å²) in [4.78, 5) is 23.3. The van der Waals surface area contributed by atoms with Crippen molar-refractivity contribution in [1.82, 2.24) is 29.4 Å². The number of aromatic nitrogens is 4. The number of hydrogen-bond donors (Lipinski definition) is 0. The topological polar surface area (TPSA) is 84.1 Å². The number of benzene rings is 2. The fourth-order valence-corrected chi connectivity index (χ4v) is 8.55. The first kappa shape index (κ1) is 47.9. The van der Waals surface area contributed by atoms with Crippen LogP contribution in [0.25, 0.3) is 0 Å². The average Bonchev–Trinajstić information content (AvgIpc) is 3.66. The smallest absolute Gasteiger partial charge is 0.436 e. The minimum Gasteiger partial charge on any atom is -0.489 e. The molecule has 340 valence electrons. The molecule has 0 bridgehead atoms. The molecule has 2 aromatic heterocycles. The van der Waals surface area contributed by atoms with Crippen molar-refractivity contribution >= 4 is 63.6 Å². The zero-order valence-electron chi connectivity index (χ0n) is 34.9. The van der Waals surface area contributed by atoms with Crippen LogP contribution in [-0.4, -0.2) is 112 Å². The molecule has 2 aliphatic heterocycles. The summed E-state index contributed by atoms with van der Waals surface area (Å²) in [5, 5.41) is 7.37. The van der Waals surface area contributed by atoms with Crippen LogP contribution in [0.15, 0.2) is 36.4 Å². The second-order valence-corrected chi connectivity index (χ2v) is 17.5. The van der Waals surface area contributed by atoms with E-state index >= 15 is 4.79 Å². The van der Waals surface area contributed by atoms with Gasteiger partial charge in [-0.1, -0.05) is 46.4 Å². The van der Waals surface area contributed by atoms with Gasteiger partial charge in [0, 0.05) is 75.9 Å². The first-order valence-electron chi connectivity index (χ1n) is 20.1. The van der Waals surface area contributed by atoms with Gasteiger partial charge in [-0.2, -0.15) is 36.5 Å². The van der Waals surface area contributed by atoms with Crippen LogP contribution in [0.2, 0.25) is 20.1 Å². The first-order chi connectivity index (χ1) is 29.0. The number of rotatable bonds is 14. The molecule has 0 aliphatic carbocycles. The molecule has 2 saturated heterocycles. The Morgan fingerprint density at radius 3 is 1.24 bits per heavy atom. The molecule has 2 aliphatic rings. The quantitative estimate of drug-likeness (QED) is 0.115. The van der Waals surface area contributed by atoms with Crippen LogP contribution in [0.5, 0.6) is 11.5 Å². The molecule has 21 heteroatoms. The normalized spacial score (nSPS) is 17.0. The van der Waals surface area contributed by atoms with Gasteiger partial charge in [0.05, 0.1) is 68.9 Å². The monoisotopic (exact) mass is 954 g/mol. The second kappa shape index (κ2) is 19.2. The highest BCUT2D eigenvalue weighted by molar-refractivity contribution is 6.33. The molecule has 2 aromatic carbocycles. The van der Waals surface area contributed by atoms with Gasteiger partial charge in [0.25, 0.3) is 0 Å². The molecular weight excluding hydrogens is 908 g/mol.